The average molecular weight is 267 g/mol. The second kappa shape index (κ2) is 16.8. The van der Waals surface area contributed by atoms with Crippen LogP contribution in [0.5, 0.6) is 0 Å². The molecule has 0 aliphatic carbocycles. The van der Waals surface area contributed by atoms with Crippen molar-refractivity contribution in [2.24, 2.45) is 0 Å². The molecular weight excluding hydrogens is 256 g/mol. The molecule has 0 saturated carbocycles. The molecule has 0 aliphatic heterocycles. The summed E-state index contributed by atoms with van der Waals surface area (Å²) >= 11 is -4.77. The van der Waals surface area contributed by atoms with Gasteiger partial charge in [-0.15, -0.1) is 13.2 Å². The van der Waals surface area contributed by atoms with Gasteiger partial charge in [-0.25, -0.2) is 8.42 Å². The van der Waals surface area contributed by atoms with Gasteiger partial charge in [-0.2, -0.15) is 0 Å². The summed E-state index contributed by atoms with van der Waals surface area (Å²) in [6.07, 6.45) is 2.71. The molecule has 0 aromatic rings. The van der Waals surface area contributed by atoms with E-state index in [4.69, 9.17) is 0 Å². The van der Waals surface area contributed by atoms with Gasteiger partial charge < -0.3 is 9.11 Å². The van der Waals surface area contributed by atoms with E-state index in [1.807, 2.05) is 0 Å². The Morgan fingerprint density at radius 3 is 1.33 bits per heavy atom. The molecule has 0 fully saturated rings. The number of rotatable bonds is 6. The second-order valence-electron chi connectivity index (χ2n) is 1.55. The molecule has 0 rings (SSSR count). The predicted molar refractivity (Wildman–Crippen MR) is 55.9 cm³/mol. The van der Waals surface area contributed by atoms with Gasteiger partial charge in [0, 0.05) is 0 Å². The molecule has 0 bridgehead atoms. The Labute approximate surface area is 110 Å². The van der Waals surface area contributed by atoms with Crippen molar-refractivity contribution >= 4 is 45.8 Å². The normalized spacial score (nSPS) is 12.4. The van der Waals surface area contributed by atoms with Crippen LogP contribution < -0.4 is 0 Å². The molecule has 2 atom stereocenters. The Bertz CT molecular complexity index is 188. The minimum absolute atomic E-state index is 0. The molecule has 0 amide bonds. The van der Waals surface area contributed by atoms with E-state index in [1.54, 1.807) is 0 Å². The second-order valence-corrected chi connectivity index (χ2v) is 2.84. The summed E-state index contributed by atoms with van der Waals surface area (Å²) in [7, 11) is 0. The van der Waals surface area contributed by atoms with Crippen LogP contribution in [-0.2, 0) is 31.1 Å². The first kappa shape index (κ1) is 20.8. The van der Waals surface area contributed by atoms with Gasteiger partial charge in [0.25, 0.3) is 0 Å². The molecule has 2 unspecified atom stereocenters. The van der Waals surface area contributed by atoms with Gasteiger partial charge in [0.2, 0.25) is 0 Å². The molecule has 6 nitrogen and oxygen atoms in total. The van der Waals surface area contributed by atoms with Gasteiger partial charge in [-0.1, -0.05) is 12.2 Å². The topological polar surface area (TPSA) is 98.7 Å². The predicted octanol–water partition coefficient (Wildman–Crippen LogP) is -0.415. The molecule has 0 heterocycles. The fourth-order valence-corrected chi connectivity index (χ4v) is 0.622. The molecule has 84 valence electrons. The summed E-state index contributed by atoms with van der Waals surface area (Å²) in [5.74, 6) is 0. The fraction of sp³-hybridized carbons (Fsp3) is 0.333. The molecule has 0 aliphatic rings. The number of hydrogen-bond acceptors (Lipinski definition) is 6. The van der Waals surface area contributed by atoms with Crippen molar-refractivity contribution in [1.82, 2.24) is 0 Å². The first-order valence-corrected chi connectivity index (χ1v) is 5.21. The van der Waals surface area contributed by atoms with E-state index in [0.29, 0.717) is 0 Å². The van der Waals surface area contributed by atoms with Crippen LogP contribution in [0.25, 0.3) is 0 Å². The minimum atomic E-state index is -2.39. The van der Waals surface area contributed by atoms with Crippen LogP contribution in [0.1, 0.15) is 0 Å². The first-order valence-electron chi connectivity index (χ1n) is 3.21. The quantitative estimate of drug-likeness (QED) is 0.368. The van der Waals surface area contributed by atoms with Crippen LogP contribution in [0.2, 0.25) is 0 Å². The average Bonchev–Trinajstić information content (AvgIpc) is 2.12. The third-order valence-corrected chi connectivity index (χ3v) is 1.22. The maximum absolute atomic E-state index is 9.49. The van der Waals surface area contributed by atoms with Gasteiger partial charge in [-0.05, 0) is 0 Å². The van der Waals surface area contributed by atoms with Crippen molar-refractivity contribution in [2.45, 2.75) is 0 Å². The summed E-state index contributed by atoms with van der Waals surface area (Å²) in [6, 6.07) is 0. The van der Waals surface area contributed by atoms with Crippen LogP contribution in [0.3, 0.4) is 0 Å². The van der Waals surface area contributed by atoms with Crippen molar-refractivity contribution in [3.8, 4) is 0 Å². The fourth-order valence-electron chi connectivity index (χ4n) is 0.207. The standard InChI is InChI=1S/2C3H6O3S.Mg/c2*1-2-3-6-7(4)5;/h2*2H,1,3H2,(H,4,5);/q;;+2/p-2. The summed E-state index contributed by atoms with van der Waals surface area (Å²) in [5.41, 5.74) is 0. The monoisotopic (exact) mass is 266 g/mol. The maximum atomic E-state index is 9.49. The van der Waals surface area contributed by atoms with Crippen LogP contribution in [0, 0.1) is 0 Å². The van der Waals surface area contributed by atoms with Crippen molar-refractivity contribution in [2.75, 3.05) is 13.2 Å². The van der Waals surface area contributed by atoms with Crippen LogP contribution in [0.15, 0.2) is 25.3 Å². The Balaban J connectivity index is -0.000000180. The zero-order valence-corrected chi connectivity index (χ0v) is 11.0. The summed E-state index contributed by atoms with van der Waals surface area (Å²) in [4.78, 5) is 0. The maximum Gasteiger partial charge on any atom is 2.00 e. The smallest absolute Gasteiger partial charge is 0.750 e. The van der Waals surface area contributed by atoms with E-state index in [2.05, 4.69) is 21.5 Å². The zero-order chi connectivity index (χ0) is 11.4. The van der Waals surface area contributed by atoms with Gasteiger partial charge in [0.1, 0.15) is 0 Å². The van der Waals surface area contributed by atoms with Crippen LogP contribution in [0.4, 0.5) is 0 Å². The van der Waals surface area contributed by atoms with E-state index >= 15 is 0 Å². The summed E-state index contributed by atoms with van der Waals surface area (Å²) < 4.78 is 45.9. The van der Waals surface area contributed by atoms with Crippen LogP contribution >= 0.6 is 0 Å². The van der Waals surface area contributed by atoms with Crippen molar-refractivity contribution in [1.29, 1.82) is 0 Å². The first-order chi connectivity index (χ1) is 6.54. The SMILES string of the molecule is C=CCOS(=O)[O-].C=CCOS(=O)[O-].[Mg+2]. The van der Waals surface area contributed by atoms with Crippen LogP contribution in [-0.4, -0.2) is 53.8 Å². The molecule has 0 radical (unpaired) electrons. The third-order valence-electron chi connectivity index (χ3n) is 0.564. The zero-order valence-electron chi connectivity index (χ0n) is 7.96. The molecule has 0 aromatic carbocycles. The van der Waals surface area contributed by atoms with Gasteiger partial charge in [0.05, 0.1) is 35.9 Å². The van der Waals surface area contributed by atoms with Crippen molar-refractivity contribution in [3.05, 3.63) is 25.3 Å². The molecule has 0 spiro atoms. The Morgan fingerprint density at radius 1 is 1.00 bits per heavy atom. The third kappa shape index (κ3) is 31.4. The Hall–Kier alpha value is 0.386. The minimum Gasteiger partial charge on any atom is -0.750 e. The van der Waals surface area contributed by atoms with Gasteiger partial charge in [-0.3, -0.25) is 8.37 Å². The Morgan fingerprint density at radius 2 is 1.27 bits per heavy atom. The van der Waals surface area contributed by atoms with E-state index in [0.717, 1.165) is 0 Å². The number of hydrogen-bond donors (Lipinski definition) is 0. The molecule has 9 heteroatoms. The Kier molecular flexibility index (Phi) is 23.3. The molecule has 0 saturated heterocycles. The van der Waals surface area contributed by atoms with E-state index in [1.165, 1.54) is 12.2 Å². The van der Waals surface area contributed by atoms with E-state index in [9.17, 15) is 17.5 Å². The molecular formula is C6H10MgO6S2. The largest absolute Gasteiger partial charge is 2.00 e. The molecule has 15 heavy (non-hydrogen) atoms. The summed E-state index contributed by atoms with van der Waals surface area (Å²) in [6.45, 7) is 6.57. The van der Waals surface area contributed by atoms with Crippen molar-refractivity contribution < 1.29 is 25.9 Å². The van der Waals surface area contributed by atoms with E-state index in [-0.39, 0.29) is 36.3 Å². The molecule has 0 aromatic heterocycles. The molecule has 0 N–H and O–H groups in total. The van der Waals surface area contributed by atoms with Gasteiger partial charge in [0.15, 0.2) is 0 Å². The van der Waals surface area contributed by atoms with Gasteiger partial charge >= 0.3 is 23.1 Å². The van der Waals surface area contributed by atoms with E-state index < -0.39 is 22.7 Å². The van der Waals surface area contributed by atoms with Crippen molar-refractivity contribution in [3.63, 3.8) is 0 Å². The summed E-state index contributed by atoms with van der Waals surface area (Å²) in [5, 5.41) is 0.